The van der Waals surface area contributed by atoms with E-state index in [1.54, 1.807) is 11.8 Å². The number of anilines is 1. The summed E-state index contributed by atoms with van der Waals surface area (Å²) in [4.78, 5) is 30.3. The minimum atomic E-state index is -1.04. The van der Waals surface area contributed by atoms with Crippen LogP contribution in [-0.4, -0.2) is 88.3 Å². The molecular weight excluding hydrogens is 508 g/mol. The lowest BCUT2D eigenvalue weighted by Gasteiger charge is -2.42. The van der Waals surface area contributed by atoms with Crippen LogP contribution in [-0.2, 0) is 4.79 Å². The van der Waals surface area contributed by atoms with Crippen molar-refractivity contribution in [3.63, 3.8) is 0 Å². The minimum absolute atomic E-state index is 0. The highest BCUT2D eigenvalue weighted by atomic mass is 35.5. The summed E-state index contributed by atoms with van der Waals surface area (Å²) in [5.74, 6) is 1.63. The molecule has 1 aromatic heterocycles. The Labute approximate surface area is 209 Å². The summed E-state index contributed by atoms with van der Waals surface area (Å²) in [5.41, 5.74) is 0.0875. The lowest BCUT2D eigenvalue weighted by atomic mass is 10.0. The minimum Gasteiger partial charge on any atom is -0.478 e. The summed E-state index contributed by atoms with van der Waals surface area (Å²) in [6, 6.07) is 1.40. The first-order chi connectivity index (χ1) is 13.5. The number of nitrogens with one attached hydrogen (secondary N) is 1. The monoisotopic (exact) mass is 533 g/mol. The number of carbonyl (C=O) groups excluding carboxylic acids is 1. The quantitative estimate of drug-likeness (QED) is 0.591. The summed E-state index contributed by atoms with van der Waals surface area (Å²) >= 11 is 8.04. The smallest absolute Gasteiger partial charge is 0.337 e. The normalized spacial score (nSPS) is 24.1. The van der Waals surface area contributed by atoms with Crippen LogP contribution < -0.4 is 10.2 Å². The van der Waals surface area contributed by atoms with Gasteiger partial charge in [0.1, 0.15) is 5.82 Å². The number of carboxylic acid groups (broad SMARTS) is 1. The number of hydrogen-bond acceptors (Lipinski definition) is 8. The lowest BCUT2D eigenvalue weighted by Crippen LogP contribution is -2.58. The molecule has 0 spiro atoms. The second-order valence-electron chi connectivity index (χ2n) is 7.27. The Morgan fingerprint density at radius 3 is 2.45 bits per heavy atom. The van der Waals surface area contributed by atoms with Crippen molar-refractivity contribution in [2.24, 2.45) is 0 Å². The molecule has 13 heteroatoms. The third-order valence-electron chi connectivity index (χ3n) is 5.60. The highest BCUT2D eigenvalue weighted by molar-refractivity contribution is 7.99. The van der Waals surface area contributed by atoms with Crippen molar-refractivity contribution >= 4 is 78.2 Å². The van der Waals surface area contributed by atoms with E-state index >= 15 is 0 Å². The number of piperazine rings is 1. The van der Waals surface area contributed by atoms with Crippen LogP contribution in [0.1, 0.15) is 23.2 Å². The van der Waals surface area contributed by atoms with Gasteiger partial charge in [-0.1, -0.05) is 11.6 Å². The van der Waals surface area contributed by atoms with Crippen molar-refractivity contribution < 1.29 is 14.7 Å². The fraction of sp³-hybridized carbons (Fsp3) is 0.611. The van der Waals surface area contributed by atoms with Gasteiger partial charge in [-0.2, -0.15) is 0 Å². The van der Waals surface area contributed by atoms with Gasteiger partial charge in [0.05, 0.1) is 22.7 Å². The van der Waals surface area contributed by atoms with E-state index in [2.05, 4.69) is 25.2 Å². The van der Waals surface area contributed by atoms with Crippen LogP contribution in [0.5, 0.6) is 0 Å². The van der Waals surface area contributed by atoms with Gasteiger partial charge in [-0.3, -0.25) is 10.1 Å². The van der Waals surface area contributed by atoms with E-state index in [0.717, 1.165) is 57.2 Å². The Balaban J connectivity index is 0.00000160. The van der Waals surface area contributed by atoms with E-state index in [4.69, 9.17) is 16.7 Å². The first-order valence-corrected chi connectivity index (χ1v) is 11.1. The number of thioether (sulfide) groups is 1. The van der Waals surface area contributed by atoms with Crippen molar-refractivity contribution in [1.82, 2.24) is 20.3 Å². The molecular formula is C18H27Cl4N5O3S. The number of nitrogens with zero attached hydrogens (tertiary/aromatic N) is 4. The standard InChI is InChI=1S/C18H24ClN5O3S.3ClH/c19-13-8-12(18(26)27)9-20-17(13)22-4-6-23(7-5-22)24-3-1-2-15(24)16(25)14-10-28-11-21-14;;;/h8-9,14-15,21H,1-7,10-11H2,(H,26,27);3*1H/t14-,15+;;;/m1.../s1. The molecule has 0 unspecified atom stereocenters. The molecule has 1 aromatic rings. The summed E-state index contributed by atoms with van der Waals surface area (Å²) in [7, 11) is 0. The zero-order chi connectivity index (χ0) is 19.7. The molecule has 2 N–H and O–H groups in total. The molecule has 3 fully saturated rings. The van der Waals surface area contributed by atoms with E-state index in [9.17, 15) is 9.59 Å². The van der Waals surface area contributed by atoms with E-state index < -0.39 is 5.97 Å². The average Bonchev–Trinajstić information content (AvgIpc) is 3.39. The third-order valence-corrected chi connectivity index (χ3v) is 6.82. The van der Waals surface area contributed by atoms with E-state index in [1.165, 1.54) is 12.3 Å². The zero-order valence-electron chi connectivity index (χ0n) is 16.7. The third kappa shape index (κ3) is 6.29. The fourth-order valence-corrected chi connectivity index (χ4v) is 5.37. The first-order valence-electron chi connectivity index (χ1n) is 9.55. The number of carbonyl (C=O) groups is 2. The number of pyridine rings is 1. The molecule has 0 bridgehead atoms. The van der Waals surface area contributed by atoms with Crippen LogP contribution in [0, 0.1) is 0 Å². The van der Waals surface area contributed by atoms with Gasteiger partial charge in [0.25, 0.3) is 0 Å². The van der Waals surface area contributed by atoms with Crippen LogP contribution in [0.2, 0.25) is 5.02 Å². The summed E-state index contributed by atoms with van der Waals surface area (Å²) in [6.45, 7) is 3.95. The number of rotatable bonds is 5. The Morgan fingerprint density at radius 2 is 1.87 bits per heavy atom. The fourth-order valence-electron chi connectivity index (χ4n) is 4.13. The average molecular weight is 535 g/mol. The van der Waals surface area contributed by atoms with Gasteiger partial charge in [0.15, 0.2) is 5.78 Å². The van der Waals surface area contributed by atoms with Gasteiger partial charge in [0.2, 0.25) is 0 Å². The predicted molar refractivity (Wildman–Crippen MR) is 131 cm³/mol. The van der Waals surface area contributed by atoms with E-state index in [0.29, 0.717) is 16.6 Å². The number of ketones is 1. The Kier molecular flexibility index (Phi) is 11.6. The molecule has 8 nitrogen and oxygen atoms in total. The van der Waals surface area contributed by atoms with Crippen molar-refractivity contribution in [2.75, 3.05) is 49.3 Å². The van der Waals surface area contributed by atoms with Crippen LogP contribution in [0.4, 0.5) is 5.82 Å². The van der Waals surface area contributed by atoms with Crippen LogP contribution in [0.15, 0.2) is 12.3 Å². The summed E-state index contributed by atoms with van der Waals surface area (Å²) in [6.07, 6.45) is 3.31. The molecule has 31 heavy (non-hydrogen) atoms. The van der Waals surface area contributed by atoms with Crippen molar-refractivity contribution in [3.05, 3.63) is 22.8 Å². The summed E-state index contributed by atoms with van der Waals surface area (Å²) in [5, 5.41) is 17.3. The van der Waals surface area contributed by atoms with Gasteiger partial charge in [-0.15, -0.1) is 49.0 Å². The Bertz CT molecular complexity index is 764. The maximum atomic E-state index is 12.9. The molecule has 176 valence electrons. The molecule has 4 heterocycles. The Hall–Kier alpha value is -0.520. The zero-order valence-corrected chi connectivity index (χ0v) is 20.8. The number of aromatic carboxylic acids is 1. The molecule has 3 aliphatic rings. The molecule has 0 amide bonds. The van der Waals surface area contributed by atoms with Crippen LogP contribution >= 0.6 is 60.6 Å². The Morgan fingerprint density at radius 1 is 1.16 bits per heavy atom. The molecule has 0 saturated carbocycles. The molecule has 3 aliphatic heterocycles. The van der Waals surface area contributed by atoms with Crippen molar-refractivity contribution in [1.29, 1.82) is 0 Å². The SMILES string of the molecule is Cl.Cl.Cl.O=C(O)c1cnc(N2CCN(N3CCC[C@H]3C(=O)[C@H]3CSCN3)CC2)c(Cl)c1. The highest BCUT2D eigenvalue weighted by Gasteiger charge is 2.39. The molecule has 2 atom stereocenters. The second-order valence-corrected chi connectivity index (χ2v) is 8.71. The maximum Gasteiger partial charge on any atom is 0.337 e. The van der Waals surface area contributed by atoms with E-state index in [-0.39, 0.29) is 54.9 Å². The van der Waals surface area contributed by atoms with Crippen LogP contribution in [0.3, 0.4) is 0 Å². The molecule has 3 saturated heterocycles. The van der Waals surface area contributed by atoms with Gasteiger partial charge in [-0.25, -0.2) is 19.8 Å². The summed E-state index contributed by atoms with van der Waals surface area (Å²) < 4.78 is 0. The second kappa shape index (κ2) is 12.6. The number of hydrazine groups is 1. The number of carboxylic acids is 1. The van der Waals surface area contributed by atoms with Gasteiger partial charge in [0, 0.05) is 50.6 Å². The van der Waals surface area contributed by atoms with Gasteiger partial charge >= 0.3 is 5.97 Å². The number of aromatic nitrogens is 1. The molecule has 0 aromatic carbocycles. The number of hydrogen-bond donors (Lipinski definition) is 2. The topological polar surface area (TPSA) is 89.0 Å². The largest absolute Gasteiger partial charge is 0.478 e. The van der Waals surface area contributed by atoms with Gasteiger partial charge in [-0.05, 0) is 18.9 Å². The predicted octanol–water partition coefficient (Wildman–Crippen LogP) is 2.43. The van der Waals surface area contributed by atoms with Gasteiger partial charge < -0.3 is 10.0 Å². The van der Waals surface area contributed by atoms with Crippen LogP contribution in [0.25, 0.3) is 0 Å². The maximum absolute atomic E-state index is 12.9. The molecule has 4 rings (SSSR count). The highest BCUT2D eigenvalue weighted by Crippen LogP contribution is 2.28. The first kappa shape index (κ1) is 28.5. The van der Waals surface area contributed by atoms with Crippen molar-refractivity contribution in [2.45, 2.75) is 24.9 Å². The lowest BCUT2D eigenvalue weighted by molar-refractivity contribution is -0.132. The van der Waals surface area contributed by atoms with Crippen molar-refractivity contribution in [3.8, 4) is 0 Å². The number of Topliss-reactive ketones (excluding diaryl/α,β-unsaturated/α-hetero) is 1. The molecule has 0 aliphatic carbocycles. The number of halogens is 4. The molecule has 0 radical (unpaired) electrons. The van der Waals surface area contributed by atoms with E-state index in [1.807, 2.05) is 0 Å².